The van der Waals surface area contributed by atoms with E-state index in [1.165, 1.54) is 5.69 Å². The molecule has 0 aliphatic rings. The number of rotatable bonds is 5. The third-order valence-corrected chi connectivity index (χ3v) is 2.33. The molecule has 1 aromatic rings. The van der Waals surface area contributed by atoms with Crippen molar-refractivity contribution in [2.24, 2.45) is 0 Å². The number of methoxy groups -OCH3 is 1. The molecular weight excluding hydrogens is 178 g/mol. The zero-order valence-corrected chi connectivity index (χ0v) is 9.16. The molecule has 0 unspecified atom stereocenters. The van der Waals surface area contributed by atoms with Crippen LogP contribution in [0.3, 0.4) is 0 Å². The number of aliphatic hydroxyl groups excluding tert-OH is 1. The first-order valence-electron chi connectivity index (χ1n) is 4.99. The lowest BCUT2D eigenvalue weighted by Crippen LogP contribution is -2.11. The first-order valence-corrected chi connectivity index (χ1v) is 4.99. The third kappa shape index (κ3) is 2.36. The molecule has 0 aromatic carbocycles. The summed E-state index contributed by atoms with van der Waals surface area (Å²) in [5.41, 5.74) is 2.21. The lowest BCUT2D eigenvalue weighted by molar-refractivity contribution is 0.199. The number of aliphatic hydroxyl groups is 1. The van der Waals surface area contributed by atoms with E-state index >= 15 is 0 Å². The molecule has 0 fully saturated rings. The summed E-state index contributed by atoms with van der Waals surface area (Å²) in [6.07, 6.45) is 0.897. The molecule has 1 rings (SSSR count). The van der Waals surface area contributed by atoms with Gasteiger partial charge in [0.15, 0.2) is 0 Å². The summed E-state index contributed by atoms with van der Waals surface area (Å²) in [4.78, 5) is 0. The zero-order chi connectivity index (χ0) is 10.6. The monoisotopic (exact) mass is 197 g/mol. The predicted octanol–water partition coefficient (Wildman–Crippen LogP) is 1.75. The lowest BCUT2D eigenvalue weighted by Gasteiger charge is -2.16. The fourth-order valence-electron chi connectivity index (χ4n) is 1.74. The number of ether oxygens (including phenoxy) is 1. The Morgan fingerprint density at radius 1 is 1.36 bits per heavy atom. The van der Waals surface area contributed by atoms with Gasteiger partial charge in [0.1, 0.15) is 0 Å². The molecule has 0 bridgehead atoms. The molecule has 80 valence electrons. The van der Waals surface area contributed by atoms with Crippen molar-refractivity contribution >= 4 is 0 Å². The van der Waals surface area contributed by atoms with Crippen molar-refractivity contribution in [3.63, 3.8) is 0 Å². The number of hydrogen-bond donors (Lipinski definition) is 1. The topological polar surface area (TPSA) is 34.4 Å². The van der Waals surface area contributed by atoms with Crippen LogP contribution < -0.4 is 0 Å². The highest BCUT2D eigenvalue weighted by molar-refractivity contribution is 5.17. The number of hydrogen-bond acceptors (Lipinski definition) is 2. The van der Waals surface area contributed by atoms with Gasteiger partial charge in [0.05, 0.1) is 13.2 Å². The molecular formula is C11H19NO2. The molecule has 14 heavy (non-hydrogen) atoms. The molecule has 1 N–H and O–H groups in total. The van der Waals surface area contributed by atoms with Gasteiger partial charge >= 0.3 is 0 Å². The second kappa shape index (κ2) is 5.17. The van der Waals surface area contributed by atoms with Gasteiger partial charge in [-0.05, 0) is 26.0 Å². The van der Waals surface area contributed by atoms with Crippen molar-refractivity contribution in [3.05, 3.63) is 23.5 Å². The highest BCUT2D eigenvalue weighted by atomic mass is 16.5. The summed E-state index contributed by atoms with van der Waals surface area (Å²) in [5.74, 6) is 0. The Kier molecular flexibility index (Phi) is 4.17. The highest BCUT2D eigenvalue weighted by Gasteiger charge is 2.09. The van der Waals surface area contributed by atoms with Crippen molar-refractivity contribution in [1.82, 2.24) is 4.57 Å². The average Bonchev–Trinajstić information content (AvgIpc) is 2.57. The summed E-state index contributed by atoms with van der Waals surface area (Å²) >= 11 is 0. The van der Waals surface area contributed by atoms with Gasteiger partial charge in [-0.15, -0.1) is 0 Å². The van der Waals surface area contributed by atoms with Crippen LogP contribution in [-0.2, 0) is 17.8 Å². The van der Waals surface area contributed by atoms with Crippen LogP contribution in [0.25, 0.3) is 0 Å². The van der Waals surface area contributed by atoms with Crippen LogP contribution in [0.15, 0.2) is 12.1 Å². The van der Waals surface area contributed by atoms with E-state index in [-0.39, 0.29) is 6.61 Å². The summed E-state index contributed by atoms with van der Waals surface area (Å²) in [6, 6.07) is 4.43. The van der Waals surface area contributed by atoms with Gasteiger partial charge in [0.25, 0.3) is 0 Å². The first kappa shape index (κ1) is 11.3. The maximum atomic E-state index is 9.15. The maximum absolute atomic E-state index is 9.15. The molecule has 0 atom stereocenters. The van der Waals surface area contributed by atoms with Gasteiger partial charge < -0.3 is 14.4 Å². The van der Waals surface area contributed by atoms with Crippen LogP contribution in [-0.4, -0.2) is 23.4 Å². The second-order valence-electron chi connectivity index (χ2n) is 3.68. The van der Waals surface area contributed by atoms with E-state index in [1.807, 2.05) is 6.07 Å². The van der Waals surface area contributed by atoms with Gasteiger partial charge in [-0.2, -0.15) is 0 Å². The van der Waals surface area contributed by atoms with E-state index in [0.29, 0.717) is 6.04 Å². The lowest BCUT2D eigenvalue weighted by atomic mass is 10.3. The minimum Gasteiger partial charge on any atom is -0.390 e. The summed E-state index contributed by atoms with van der Waals surface area (Å²) in [6.45, 7) is 5.07. The minimum atomic E-state index is 0.102. The fourth-order valence-corrected chi connectivity index (χ4v) is 1.74. The van der Waals surface area contributed by atoms with Crippen molar-refractivity contribution < 1.29 is 9.84 Å². The molecule has 0 amide bonds. The Labute approximate surface area is 85.3 Å². The van der Waals surface area contributed by atoms with Crippen molar-refractivity contribution in [2.75, 3.05) is 13.7 Å². The van der Waals surface area contributed by atoms with E-state index in [4.69, 9.17) is 9.84 Å². The number of aromatic nitrogens is 1. The Morgan fingerprint density at radius 2 is 2.00 bits per heavy atom. The van der Waals surface area contributed by atoms with Gasteiger partial charge in [-0.25, -0.2) is 0 Å². The molecule has 3 nitrogen and oxygen atoms in total. The molecule has 0 spiro atoms. The smallest absolute Gasteiger partial charge is 0.0833 e. The van der Waals surface area contributed by atoms with Crippen LogP contribution in [0, 0.1) is 0 Å². The van der Waals surface area contributed by atoms with E-state index < -0.39 is 0 Å². The Morgan fingerprint density at radius 3 is 2.50 bits per heavy atom. The molecule has 1 heterocycles. The van der Waals surface area contributed by atoms with Gasteiger partial charge in [-0.3, -0.25) is 0 Å². The molecule has 0 radical (unpaired) electrons. The highest BCUT2D eigenvalue weighted by Crippen LogP contribution is 2.16. The molecule has 1 aromatic heterocycles. The van der Waals surface area contributed by atoms with Crippen molar-refractivity contribution in [2.45, 2.75) is 32.9 Å². The fraction of sp³-hybridized carbons (Fsp3) is 0.636. The standard InChI is InChI=1S/C11H19NO2/c1-9(2)12-10(6-7-14-3)4-5-11(12)8-13/h4-5,9,13H,6-8H2,1-3H3. The molecule has 3 heteroatoms. The maximum Gasteiger partial charge on any atom is 0.0833 e. The largest absolute Gasteiger partial charge is 0.390 e. The molecule has 0 aliphatic carbocycles. The predicted molar refractivity (Wildman–Crippen MR) is 56.3 cm³/mol. The van der Waals surface area contributed by atoms with Crippen molar-refractivity contribution in [3.8, 4) is 0 Å². The van der Waals surface area contributed by atoms with Gasteiger partial charge in [-0.1, -0.05) is 0 Å². The number of nitrogens with zero attached hydrogens (tertiary/aromatic N) is 1. The quantitative estimate of drug-likeness (QED) is 0.780. The van der Waals surface area contributed by atoms with Crippen LogP contribution >= 0.6 is 0 Å². The van der Waals surface area contributed by atoms with E-state index in [9.17, 15) is 0 Å². The van der Waals surface area contributed by atoms with Crippen LogP contribution in [0.4, 0.5) is 0 Å². The Balaban J connectivity index is 2.87. The minimum absolute atomic E-state index is 0.102. The normalized spacial score (nSPS) is 11.2. The summed E-state index contributed by atoms with van der Waals surface area (Å²) < 4.78 is 7.21. The molecule has 0 saturated heterocycles. The summed E-state index contributed by atoms with van der Waals surface area (Å²) in [7, 11) is 1.70. The van der Waals surface area contributed by atoms with Crippen molar-refractivity contribution in [1.29, 1.82) is 0 Å². The Bertz CT molecular complexity index is 279. The van der Waals surface area contributed by atoms with Crippen LogP contribution in [0.5, 0.6) is 0 Å². The summed E-state index contributed by atoms with van der Waals surface area (Å²) in [5, 5.41) is 9.15. The van der Waals surface area contributed by atoms with Crippen LogP contribution in [0.2, 0.25) is 0 Å². The first-order chi connectivity index (χ1) is 6.70. The average molecular weight is 197 g/mol. The SMILES string of the molecule is COCCc1ccc(CO)n1C(C)C. The van der Waals surface area contributed by atoms with Crippen LogP contribution in [0.1, 0.15) is 31.3 Å². The Hall–Kier alpha value is -0.800. The van der Waals surface area contributed by atoms with Gasteiger partial charge in [0.2, 0.25) is 0 Å². The van der Waals surface area contributed by atoms with E-state index in [1.54, 1.807) is 7.11 Å². The molecule has 0 aliphatic heterocycles. The third-order valence-electron chi connectivity index (χ3n) is 2.33. The van der Waals surface area contributed by atoms with E-state index in [2.05, 4.69) is 24.5 Å². The van der Waals surface area contributed by atoms with Gasteiger partial charge in [0, 0.05) is 31.0 Å². The zero-order valence-electron chi connectivity index (χ0n) is 9.16. The molecule has 0 saturated carbocycles. The van der Waals surface area contributed by atoms with E-state index in [0.717, 1.165) is 18.7 Å². The second-order valence-corrected chi connectivity index (χ2v) is 3.68.